The van der Waals surface area contributed by atoms with Crippen molar-refractivity contribution in [2.45, 2.75) is 13.5 Å². The predicted octanol–water partition coefficient (Wildman–Crippen LogP) is 3.56. The first-order valence-corrected chi connectivity index (χ1v) is 6.97. The minimum absolute atomic E-state index is 0. The van der Waals surface area contributed by atoms with E-state index in [1.54, 1.807) is 14.2 Å². The van der Waals surface area contributed by atoms with Gasteiger partial charge in [-0.15, -0.1) is 24.0 Å². The van der Waals surface area contributed by atoms with Gasteiger partial charge in [-0.2, -0.15) is 0 Å². The molecule has 2 rings (SSSR count). The quantitative estimate of drug-likeness (QED) is 0.435. The number of anilines is 1. The van der Waals surface area contributed by atoms with Crippen molar-refractivity contribution in [1.82, 2.24) is 0 Å². The fraction of sp³-hybridized carbons (Fsp3) is 0.235. The number of guanidine groups is 1. The molecule has 0 atom stereocenters. The molecule has 0 amide bonds. The van der Waals surface area contributed by atoms with E-state index in [-0.39, 0.29) is 24.0 Å². The molecule has 0 heterocycles. The molecule has 0 saturated heterocycles. The summed E-state index contributed by atoms with van der Waals surface area (Å²) in [6, 6.07) is 13.5. The number of nitrogens with two attached hydrogens (primary N) is 1. The molecule has 0 aliphatic carbocycles. The van der Waals surface area contributed by atoms with E-state index in [1.807, 2.05) is 49.4 Å². The Balaban J connectivity index is 0.00000264. The molecule has 0 spiro atoms. The summed E-state index contributed by atoms with van der Waals surface area (Å²) in [7, 11) is 3.27. The van der Waals surface area contributed by atoms with E-state index in [1.165, 1.54) is 0 Å². The summed E-state index contributed by atoms with van der Waals surface area (Å²) in [5, 5.41) is 3.04. The number of para-hydroxylation sites is 2. The highest BCUT2D eigenvalue weighted by atomic mass is 127. The van der Waals surface area contributed by atoms with Crippen LogP contribution in [0.3, 0.4) is 0 Å². The molecule has 0 radical (unpaired) electrons. The third kappa shape index (κ3) is 5.31. The smallest absolute Gasteiger partial charge is 0.193 e. The average molecular weight is 427 g/mol. The third-order valence-electron chi connectivity index (χ3n) is 3.23. The summed E-state index contributed by atoms with van der Waals surface area (Å²) < 4.78 is 10.6. The first-order chi connectivity index (χ1) is 10.6. The van der Waals surface area contributed by atoms with Crippen LogP contribution in [0.4, 0.5) is 5.69 Å². The van der Waals surface area contributed by atoms with Gasteiger partial charge in [0.05, 0.1) is 26.5 Å². The van der Waals surface area contributed by atoms with Crippen molar-refractivity contribution in [1.29, 1.82) is 0 Å². The van der Waals surface area contributed by atoms with E-state index in [0.29, 0.717) is 18.3 Å². The first-order valence-electron chi connectivity index (χ1n) is 6.97. The van der Waals surface area contributed by atoms with Crippen molar-refractivity contribution in [2.75, 3.05) is 19.5 Å². The SMILES string of the molecule is COc1cc(C)ccc1CN=C(N)Nc1ccccc1OC.I. The number of rotatable bonds is 5. The second kappa shape index (κ2) is 9.24. The normalized spacial score (nSPS) is 10.7. The zero-order valence-electron chi connectivity index (χ0n) is 13.5. The lowest BCUT2D eigenvalue weighted by Crippen LogP contribution is -2.23. The van der Waals surface area contributed by atoms with Gasteiger partial charge in [-0.05, 0) is 30.7 Å². The van der Waals surface area contributed by atoms with Crippen LogP contribution in [-0.4, -0.2) is 20.2 Å². The van der Waals surface area contributed by atoms with E-state index in [4.69, 9.17) is 15.2 Å². The summed E-state index contributed by atoms with van der Waals surface area (Å²) in [6.07, 6.45) is 0. The van der Waals surface area contributed by atoms with Gasteiger partial charge in [-0.1, -0.05) is 24.3 Å². The van der Waals surface area contributed by atoms with Crippen LogP contribution in [0.15, 0.2) is 47.5 Å². The highest BCUT2D eigenvalue weighted by Crippen LogP contribution is 2.23. The summed E-state index contributed by atoms with van der Waals surface area (Å²) in [5.74, 6) is 1.86. The molecule has 0 aromatic heterocycles. The van der Waals surface area contributed by atoms with Gasteiger partial charge in [-0.25, -0.2) is 4.99 Å². The summed E-state index contributed by atoms with van der Waals surface area (Å²) in [4.78, 5) is 4.35. The number of hydrogen-bond donors (Lipinski definition) is 2. The Labute approximate surface area is 153 Å². The zero-order chi connectivity index (χ0) is 15.9. The summed E-state index contributed by atoms with van der Waals surface area (Å²) >= 11 is 0. The van der Waals surface area contributed by atoms with Gasteiger partial charge in [0.15, 0.2) is 5.96 Å². The number of hydrogen-bond acceptors (Lipinski definition) is 3. The van der Waals surface area contributed by atoms with E-state index in [9.17, 15) is 0 Å². The zero-order valence-corrected chi connectivity index (χ0v) is 15.8. The van der Waals surface area contributed by atoms with Crippen molar-refractivity contribution >= 4 is 35.6 Å². The molecule has 2 aromatic rings. The minimum atomic E-state index is 0. The van der Waals surface area contributed by atoms with Gasteiger partial charge < -0.3 is 20.5 Å². The topological polar surface area (TPSA) is 68.9 Å². The molecule has 5 nitrogen and oxygen atoms in total. The van der Waals surface area contributed by atoms with Crippen LogP contribution in [0.5, 0.6) is 11.5 Å². The molecule has 124 valence electrons. The molecule has 23 heavy (non-hydrogen) atoms. The second-order valence-electron chi connectivity index (χ2n) is 4.84. The Morgan fingerprint density at radius 2 is 1.78 bits per heavy atom. The van der Waals surface area contributed by atoms with Crippen LogP contribution >= 0.6 is 24.0 Å². The molecule has 0 bridgehead atoms. The Kier molecular flexibility index (Phi) is 7.67. The number of nitrogens with one attached hydrogen (secondary N) is 1. The van der Waals surface area contributed by atoms with Crippen LogP contribution in [0.25, 0.3) is 0 Å². The molecule has 0 aliphatic rings. The standard InChI is InChI=1S/C17H21N3O2.HI/c1-12-8-9-13(16(10-12)22-3)11-19-17(18)20-14-6-4-5-7-15(14)21-2;/h4-10H,11H2,1-3H3,(H3,18,19,20);1H. The number of nitrogens with zero attached hydrogens (tertiary/aromatic N) is 1. The molecule has 0 saturated carbocycles. The molecule has 0 unspecified atom stereocenters. The van der Waals surface area contributed by atoms with Crippen LogP contribution < -0.4 is 20.5 Å². The van der Waals surface area contributed by atoms with Crippen molar-refractivity contribution < 1.29 is 9.47 Å². The van der Waals surface area contributed by atoms with Crippen LogP contribution in [-0.2, 0) is 6.54 Å². The van der Waals surface area contributed by atoms with Gasteiger partial charge in [-0.3, -0.25) is 0 Å². The highest BCUT2D eigenvalue weighted by Gasteiger charge is 2.04. The van der Waals surface area contributed by atoms with Crippen molar-refractivity contribution in [2.24, 2.45) is 10.7 Å². The van der Waals surface area contributed by atoms with Gasteiger partial charge >= 0.3 is 0 Å². The number of aryl methyl sites for hydroxylation is 1. The van der Waals surface area contributed by atoms with E-state index < -0.39 is 0 Å². The lowest BCUT2D eigenvalue weighted by atomic mass is 10.1. The van der Waals surface area contributed by atoms with Gasteiger partial charge in [0, 0.05) is 5.56 Å². The Bertz CT molecular complexity index is 675. The predicted molar refractivity (Wildman–Crippen MR) is 105 cm³/mol. The fourth-order valence-electron chi connectivity index (χ4n) is 2.08. The third-order valence-corrected chi connectivity index (χ3v) is 3.23. The van der Waals surface area contributed by atoms with Crippen molar-refractivity contribution in [3.05, 3.63) is 53.6 Å². The number of halogens is 1. The van der Waals surface area contributed by atoms with Gasteiger partial charge in [0.25, 0.3) is 0 Å². The first kappa shape index (κ1) is 19.1. The average Bonchev–Trinajstić information content (AvgIpc) is 2.54. The molecule has 0 aliphatic heterocycles. The number of benzene rings is 2. The number of methoxy groups -OCH3 is 2. The number of aliphatic imine (C=N–C) groups is 1. The van der Waals surface area contributed by atoms with Crippen LogP contribution in [0.2, 0.25) is 0 Å². The van der Waals surface area contributed by atoms with E-state index >= 15 is 0 Å². The van der Waals surface area contributed by atoms with Crippen molar-refractivity contribution in [3.8, 4) is 11.5 Å². The van der Waals surface area contributed by atoms with Crippen LogP contribution in [0, 0.1) is 6.92 Å². The van der Waals surface area contributed by atoms with E-state index in [0.717, 1.165) is 22.6 Å². The lowest BCUT2D eigenvalue weighted by Gasteiger charge is -2.11. The van der Waals surface area contributed by atoms with Gasteiger partial charge in [0.2, 0.25) is 0 Å². The largest absolute Gasteiger partial charge is 0.496 e. The maximum Gasteiger partial charge on any atom is 0.193 e. The highest BCUT2D eigenvalue weighted by molar-refractivity contribution is 14.0. The van der Waals surface area contributed by atoms with Crippen molar-refractivity contribution in [3.63, 3.8) is 0 Å². The lowest BCUT2D eigenvalue weighted by molar-refractivity contribution is 0.409. The second-order valence-corrected chi connectivity index (χ2v) is 4.84. The summed E-state index contributed by atoms with van der Waals surface area (Å²) in [6.45, 7) is 2.46. The van der Waals surface area contributed by atoms with Gasteiger partial charge in [0.1, 0.15) is 11.5 Å². The molecule has 0 fully saturated rings. The maximum absolute atomic E-state index is 5.94. The molecular formula is C17H22IN3O2. The molecule has 3 N–H and O–H groups in total. The Morgan fingerprint density at radius 1 is 1.09 bits per heavy atom. The number of ether oxygens (including phenoxy) is 2. The summed E-state index contributed by atoms with van der Waals surface area (Å²) in [5.41, 5.74) is 8.85. The minimum Gasteiger partial charge on any atom is -0.496 e. The Morgan fingerprint density at radius 3 is 2.48 bits per heavy atom. The fourth-order valence-corrected chi connectivity index (χ4v) is 2.08. The molecule has 6 heteroatoms. The Hall–Kier alpha value is -1.96. The van der Waals surface area contributed by atoms with Crippen LogP contribution in [0.1, 0.15) is 11.1 Å². The maximum atomic E-state index is 5.94. The molecular weight excluding hydrogens is 405 g/mol. The monoisotopic (exact) mass is 427 g/mol. The molecule has 2 aromatic carbocycles. The van der Waals surface area contributed by atoms with E-state index in [2.05, 4.69) is 10.3 Å².